The maximum atomic E-state index is 11.4. The molecule has 1 amide bonds. The largest absolute Gasteiger partial charge is 0.481 e. The van der Waals surface area contributed by atoms with E-state index >= 15 is 0 Å². The molecule has 0 saturated heterocycles. The summed E-state index contributed by atoms with van der Waals surface area (Å²) >= 11 is 0. The van der Waals surface area contributed by atoms with E-state index in [-0.39, 0.29) is 16.9 Å². The van der Waals surface area contributed by atoms with Gasteiger partial charge in [-0.25, -0.2) is 0 Å². The summed E-state index contributed by atoms with van der Waals surface area (Å²) in [6, 6.07) is 3.46. The van der Waals surface area contributed by atoms with E-state index in [1.165, 1.54) is 7.11 Å². The standard InChI is InChI=1S/C15H23N3O3/c1-3-15(8-10(16)9-15)6-7-21-14-11(13(17)19)4-5-12(18-14)20-2/h4-5,10H,3,6-9,16H2,1-2H3,(H2,17,19). The monoisotopic (exact) mass is 293 g/mol. The van der Waals surface area contributed by atoms with Gasteiger partial charge in [-0.15, -0.1) is 0 Å². The number of hydrogen-bond acceptors (Lipinski definition) is 5. The Hall–Kier alpha value is -1.82. The first-order chi connectivity index (χ1) is 9.99. The van der Waals surface area contributed by atoms with Gasteiger partial charge in [-0.05, 0) is 30.7 Å². The predicted octanol–water partition coefficient (Wildman–Crippen LogP) is 1.48. The molecule has 1 aromatic rings. The van der Waals surface area contributed by atoms with Crippen LogP contribution in [0.15, 0.2) is 12.1 Å². The Labute approximate surface area is 124 Å². The predicted molar refractivity (Wildman–Crippen MR) is 79.4 cm³/mol. The van der Waals surface area contributed by atoms with Crippen molar-refractivity contribution in [1.82, 2.24) is 4.98 Å². The van der Waals surface area contributed by atoms with E-state index in [4.69, 9.17) is 20.9 Å². The summed E-state index contributed by atoms with van der Waals surface area (Å²) < 4.78 is 10.7. The first-order valence-corrected chi connectivity index (χ1v) is 7.23. The number of nitrogens with two attached hydrogens (primary N) is 2. The number of carbonyl (C=O) groups excluding carboxylic acids is 1. The summed E-state index contributed by atoms with van der Waals surface area (Å²) in [6.45, 7) is 2.66. The molecular weight excluding hydrogens is 270 g/mol. The minimum Gasteiger partial charge on any atom is -0.481 e. The molecule has 0 radical (unpaired) electrons. The summed E-state index contributed by atoms with van der Waals surface area (Å²) in [5.41, 5.74) is 11.8. The second-order valence-electron chi connectivity index (χ2n) is 5.69. The van der Waals surface area contributed by atoms with Gasteiger partial charge in [-0.1, -0.05) is 13.3 Å². The Morgan fingerprint density at radius 1 is 1.48 bits per heavy atom. The van der Waals surface area contributed by atoms with Crippen LogP contribution in [-0.4, -0.2) is 30.6 Å². The Morgan fingerprint density at radius 3 is 2.71 bits per heavy atom. The van der Waals surface area contributed by atoms with E-state index in [1.807, 2.05) is 0 Å². The minimum absolute atomic E-state index is 0.233. The zero-order chi connectivity index (χ0) is 15.5. The van der Waals surface area contributed by atoms with Crippen LogP contribution in [-0.2, 0) is 0 Å². The Balaban J connectivity index is 2.00. The molecule has 21 heavy (non-hydrogen) atoms. The molecule has 0 aromatic carbocycles. The number of hydrogen-bond donors (Lipinski definition) is 2. The second kappa shape index (κ2) is 6.30. The zero-order valence-electron chi connectivity index (χ0n) is 12.6. The summed E-state index contributed by atoms with van der Waals surface area (Å²) in [4.78, 5) is 15.5. The normalized spacial score (nSPS) is 24.2. The molecule has 0 atom stereocenters. The zero-order valence-corrected chi connectivity index (χ0v) is 12.6. The topological polar surface area (TPSA) is 100 Å². The van der Waals surface area contributed by atoms with Crippen molar-refractivity contribution >= 4 is 5.91 Å². The number of methoxy groups -OCH3 is 1. The highest BCUT2D eigenvalue weighted by Gasteiger charge is 2.40. The van der Waals surface area contributed by atoms with Gasteiger partial charge < -0.3 is 20.9 Å². The van der Waals surface area contributed by atoms with Crippen molar-refractivity contribution in [2.45, 2.75) is 38.6 Å². The van der Waals surface area contributed by atoms with E-state index in [2.05, 4.69) is 11.9 Å². The molecule has 2 rings (SSSR count). The Morgan fingerprint density at radius 2 is 2.19 bits per heavy atom. The molecule has 1 heterocycles. The van der Waals surface area contributed by atoms with Crippen molar-refractivity contribution in [3.05, 3.63) is 17.7 Å². The summed E-state index contributed by atoms with van der Waals surface area (Å²) in [5.74, 6) is 0.0682. The van der Waals surface area contributed by atoms with E-state index < -0.39 is 5.91 Å². The van der Waals surface area contributed by atoms with Gasteiger partial charge in [0.1, 0.15) is 5.56 Å². The fourth-order valence-corrected chi connectivity index (χ4v) is 2.92. The molecule has 0 bridgehead atoms. The van der Waals surface area contributed by atoms with Crippen molar-refractivity contribution < 1.29 is 14.3 Å². The second-order valence-corrected chi connectivity index (χ2v) is 5.69. The third-order valence-corrected chi connectivity index (χ3v) is 4.32. The Bertz CT molecular complexity index is 513. The minimum atomic E-state index is -0.559. The van der Waals surface area contributed by atoms with Gasteiger partial charge in [0.2, 0.25) is 11.8 Å². The van der Waals surface area contributed by atoms with E-state index in [9.17, 15) is 4.79 Å². The lowest BCUT2D eigenvalue weighted by molar-refractivity contribution is 0.0656. The molecular formula is C15H23N3O3. The van der Waals surface area contributed by atoms with Crippen LogP contribution in [0.5, 0.6) is 11.8 Å². The van der Waals surface area contributed by atoms with Crippen LogP contribution in [0.1, 0.15) is 43.0 Å². The summed E-state index contributed by atoms with van der Waals surface area (Å²) in [7, 11) is 1.51. The number of primary amides is 1. The van der Waals surface area contributed by atoms with Crippen LogP contribution in [0.2, 0.25) is 0 Å². The molecule has 1 fully saturated rings. The molecule has 4 N–H and O–H groups in total. The van der Waals surface area contributed by atoms with Crippen molar-refractivity contribution in [2.75, 3.05) is 13.7 Å². The number of ether oxygens (including phenoxy) is 2. The van der Waals surface area contributed by atoms with Gasteiger partial charge >= 0.3 is 0 Å². The van der Waals surface area contributed by atoms with Crippen molar-refractivity contribution in [3.63, 3.8) is 0 Å². The van der Waals surface area contributed by atoms with Gasteiger partial charge in [0.25, 0.3) is 5.91 Å². The van der Waals surface area contributed by atoms with Crippen LogP contribution >= 0.6 is 0 Å². The summed E-state index contributed by atoms with van der Waals surface area (Å²) in [6.07, 6.45) is 4.04. The molecule has 6 nitrogen and oxygen atoms in total. The van der Waals surface area contributed by atoms with Gasteiger partial charge in [0.15, 0.2) is 0 Å². The lowest BCUT2D eigenvalue weighted by atomic mass is 9.62. The summed E-state index contributed by atoms with van der Waals surface area (Å²) in [5, 5.41) is 0. The highest BCUT2D eigenvalue weighted by atomic mass is 16.5. The molecule has 6 heteroatoms. The third kappa shape index (κ3) is 3.44. The lowest BCUT2D eigenvalue weighted by Crippen LogP contribution is -2.46. The molecule has 1 saturated carbocycles. The van der Waals surface area contributed by atoms with Crippen LogP contribution < -0.4 is 20.9 Å². The fraction of sp³-hybridized carbons (Fsp3) is 0.600. The maximum absolute atomic E-state index is 11.4. The molecule has 1 aliphatic carbocycles. The number of rotatable bonds is 7. The number of pyridine rings is 1. The SMILES string of the molecule is CCC1(CCOc2nc(OC)ccc2C(N)=O)CC(N)C1. The van der Waals surface area contributed by atoms with Gasteiger partial charge in [-0.2, -0.15) is 4.98 Å². The number of amides is 1. The third-order valence-electron chi connectivity index (χ3n) is 4.32. The van der Waals surface area contributed by atoms with Crippen molar-refractivity contribution in [3.8, 4) is 11.8 Å². The quantitative estimate of drug-likeness (QED) is 0.793. The molecule has 116 valence electrons. The average molecular weight is 293 g/mol. The average Bonchev–Trinajstić information content (AvgIpc) is 2.44. The van der Waals surface area contributed by atoms with Gasteiger partial charge in [0.05, 0.1) is 13.7 Å². The fourth-order valence-electron chi connectivity index (χ4n) is 2.92. The molecule has 1 aromatic heterocycles. The van der Waals surface area contributed by atoms with Gasteiger partial charge in [0, 0.05) is 12.1 Å². The molecule has 1 aliphatic rings. The maximum Gasteiger partial charge on any atom is 0.254 e. The van der Waals surface area contributed by atoms with Crippen LogP contribution in [0, 0.1) is 5.41 Å². The molecule has 0 aliphatic heterocycles. The smallest absolute Gasteiger partial charge is 0.254 e. The first kappa shape index (κ1) is 15.6. The van der Waals surface area contributed by atoms with E-state index in [0.29, 0.717) is 18.5 Å². The lowest BCUT2D eigenvalue weighted by Gasteiger charge is -2.46. The van der Waals surface area contributed by atoms with E-state index in [0.717, 1.165) is 25.7 Å². The van der Waals surface area contributed by atoms with Crippen molar-refractivity contribution in [2.24, 2.45) is 16.9 Å². The van der Waals surface area contributed by atoms with Crippen LogP contribution in [0.25, 0.3) is 0 Å². The number of carbonyl (C=O) groups is 1. The van der Waals surface area contributed by atoms with Crippen molar-refractivity contribution in [1.29, 1.82) is 0 Å². The number of nitrogens with zero attached hydrogens (tertiary/aromatic N) is 1. The van der Waals surface area contributed by atoms with Gasteiger partial charge in [-0.3, -0.25) is 4.79 Å². The van der Waals surface area contributed by atoms with Crippen LogP contribution in [0.3, 0.4) is 0 Å². The highest BCUT2D eigenvalue weighted by molar-refractivity contribution is 5.95. The highest BCUT2D eigenvalue weighted by Crippen LogP contribution is 2.45. The Kier molecular flexibility index (Phi) is 4.67. The molecule has 0 unspecified atom stereocenters. The van der Waals surface area contributed by atoms with E-state index in [1.54, 1.807) is 12.1 Å². The first-order valence-electron chi connectivity index (χ1n) is 7.23. The van der Waals surface area contributed by atoms with Crippen LogP contribution in [0.4, 0.5) is 0 Å². The molecule has 0 spiro atoms. The number of aromatic nitrogens is 1.